The fourth-order valence-electron chi connectivity index (χ4n) is 6.14. The molecule has 6 rings (SSSR count). The highest BCUT2D eigenvalue weighted by atomic mass is 16.8. The number of aliphatic hydroxyl groups excluding tert-OH is 10. The van der Waals surface area contributed by atoms with E-state index in [1.165, 1.54) is 36.4 Å². The molecule has 0 spiro atoms. The number of phenols is 2. The second-order valence-electron chi connectivity index (χ2n) is 12.5. The van der Waals surface area contributed by atoms with Crippen LogP contribution in [0.15, 0.2) is 42.2 Å². The average Bonchev–Trinajstić information content (AvgIpc) is 3.11. The maximum Gasteiger partial charge on any atom is 0.270 e. The van der Waals surface area contributed by atoms with E-state index in [0.29, 0.717) is 5.56 Å². The predicted octanol–water partition coefficient (Wildman–Crippen LogP) is -4.11. The van der Waals surface area contributed by atoms with Crippen LogP contribution in [0.5, 0.6) is 23.0 Å². The highest BCUT2D eigenvalue weighted by Crippen LogP contribution is 2.47. The summed E-state index contributed by atoms with van der Waals surface area (Å²) in [7, 11) is 0. The SMILES string of the molecule is OC[C@H]1O[C@@H](Oc2cc(O)cc3c2C=C(O[C@@H]2O[C@H](CO)[C@@H](O)[C@H](O)[C@H]2O[C@@H]2OC[C@H](O)[C@H](O)[C@@H]2O)C(c2ccc(O)cc2)[OH+]3)[C@H](O)[C@@H](O)[C@@H]1O. The second-order valence-corrected chi connectivity index (χ2v) is 12.5. The zero-order valence-corrected chi connectivity index (χ0v) is 26.6. The minimum absolute atomic E-state index is 0.0584. The highest BCUT2D eigenvalue weighted by molar-refractivity contribution is 5.69. The largest absolute Gasteiger partial charge is 0.571 e. The van der Waals surface area contributed by atoms with Crippen LogP contribution in [0, 0.1) is 0 Å². The summed E-state index contributed by atoms with van der Waals surface area (Å²) in [6.45, 7) is -1.96. The first-order valence-corrected chi connectivity index (χ1v) is 16.0. The van der Waals surface area contributed by atoms with Crippen LogP contribution >= 0.6 is 0 Å². The molecule has 19 nitrogen and oxygen atoms in total. The molecular weight excluding hydrogens is 688 g/mol. The van der Waals surface area contributed by atoms with Gasteiger partial charge in [0.1, 0.15) is 83.9 Å². The van der Waals surface area contributed by atoms with E-state index >= 15 is 0 Å². The summed E-state index contributed by atoms with van der Waals surface area (Å²) >= 11 is 0. The Morgan fingerprint density at radius 2 is 1.29 bits per heavy atom. The molecule has 4 aliphatic heterocycles. The van der Waals surface area contributed by atoms with Crippen molar-refractivity contribution in [2.24, 2.45) is 0 Å². The van der Waals surface area contributed by atoms with Crippen LogP contribution in [0.4, 0.5) is 0 Å². The van der Waals surface area contributed by atoms with E-state index in [0.717, 1.165) is 6.07 Å². The molecule has 3 fully saturated rings. The van der Waals surface area contributed by atoms with Gasteiger partial charge in [0, 0.05) is 12.1 Å². The Bertz CT molecular complexity index is 1520. The minimum Gasteiger partial charge on any atom is -0.571 e. The van der Waals surface area contributed by atoms with E-state index in [1.54, 1.807) is 0 Å². The highest BCUT2D eigenvalue weighted by Gasteiger charge is 2.51. The number of benzene rings is 2. The van der Waals surface area contributed by atoms with Gasteiger partial charge in [-0.15, -0.1) is 0 Å². The van der Waals surface area contributed by atoms with Gasteiger partial charge in [-0.25, -0.2) is 0 Å². The van der Waals surface area contributed by atoms with Crippen molar-refractivity contribution in [3.8, 4) is 23.0 Å². The van der Waals surface area contributed by atoms with E-state index in [1.807, 2.05) is 0 Å². The molecule has 2 aromatic carbocycles. The number of phenolic OH excluding ortho intramolecular Hbond substituents is 2. The number of hydrogen-bond donors (Lipinski definition) is 12. The third-order valence-electron chi connectivity index (χ3n) is 9.05. The van der Waals surface area contributed by atoms with Crippen molar-refractivity contribution < 1.29 is 94.4 Å². The summed E-state index contributed by atoms with van der Waals surface area (Å²) in [4.78, 5) is 0. The fraction of sp³-hybridized carbons (Fsp3) is 0.562. The topological polar surface area (TPSA) is 311 Å². The molecule has 2 aromatic rings. The summed E-state index contributed by atoms with van der Waals surface area (Å²) in [6, 6.07) is 8.20. The lowest BCUT2D eigenvalue weighted by molar-refractivity contribution is -0.353. The number of aromatic hydroxyl groups is 3. The molecule has 0 radical (unpaired) electrons. The number of rotatable bonds is 9. The Morgan fingerprint density at radius 1 is 0.667 bits per heavy atom. The van der Waals surface area contributed by atoms with Crippen molar-refractivity contribution in [3.05, 3.63) is 53.3 Å². The van der Waals surface area contributed by atoms with Crippen molar-refractivity contribution in [1.82, 2.24) is 0 Å². The summed E-state index contributed by atoms with van der Waals surface area (Å²) in [5, 5.41) is 123. The molecule has 15 atom stereocenters. The number of hydrogen-bond acceptors (Lipinski definition) is 18. The molecule has 1 unspecified atom stereocenters. The van der Waals surface area contributed by atoms with E-state index in [9.17, 15) is 61.3 Å². The molecule has 282 valence electrons. The maximum atomic E-state index is 11.1. The Balaban J connectivity index is 1.38. The van der Waals surface area contributed by atoms with E-state index in [2.05, 4.69) is 0 Å². The minimum atomic E-state index is -1.83. The third-order valence-corrected chi connectivity index (χ3v) is 9.05. The molecule has 51 heavy (non-hydrogen) atoms. The number of aliphatic hydroxyl groups is 11. The van der Waals surface area contributed by atoms with Gasteiger partial charge in [0.25, 0.3) is 11.9 Å². The fourth-order valence-corrected chi connectivity index (χ4v) is 6.14. The zero-order valence-electron chi connectivity index (χ0n) is 26.6. The molecule has 0 bridgehead atoms. The van der Waals surface area contributed by atoms with Gasteiger partial charge >= 0.3 is 0 Å². The first-order chi connectivity index (χ1) is 24.3. The van der Waals surface area contributed by atoms with E-state index in [4.69, 9.17) is 33.2 Å². The Hall–Kier alpha value is -3.38. The van der Waals surface area contributed by atoms with Gasteiger partial charge in [-0.05, 0) is 24.3 Å². The molecule has 0 aliphatic carbocycles. The first kappa shape index (κ1) is 37.4. The third kappa shape index (κ3) is 7.45. The molecule has 0 aromatic heterocycles. The molecule has 0 amide bonds. The first-order valence-electron chi connectivity index (χ1n) is 16.0. The number of fused-ring (bicyclic) bond motifs is 1. The van der Waals surface area contributed by atoms with Gasteiger partial charge in [-0.2, -0.15) is 0 Å². The monoisotopic (exact) mass is 729 g/mol. The Morgan fingerprint density at radius 3 is 1.96 bits per heavy atom. The van der Waals surface area contributed by atoms with Crippen LogP contribution < -0.4 is 4.74 Å². The molecule has 4 aliphatic rings. The van der Waals surface area contributed by atoms with Crippen LogP contribution in [0.2, 0.25) is 0 Å². The van der Waals surface area contributed by atoms with Gasteiger partial charge in [-0.3, -0.25) is 0 Å². The Labute approximate surface area is 288 Å². The standard InChI is InChI=1S/C32H40O19/c33-8-19-22(39)24(41)27(44)31(49-19)47-17-6-13(36)5-16-14(17)7-18(28(46-16)11-1-3-12(35)4-2-11)48-32-29(25(42)23(40)20(9-34)50-32)51-30-26(43)21(38)15(37)10-45-30/h1-7,15,19-44H,8-10H2/p+1/t15-,19+,20+,21-,22+,23+,24-,25-,26-,27+,28?,29+,30-,31+,32+/m0/s1. The lowest BCUT2D eigenvalue weighted by atomic mass is 9.97. The van der Waals surface area contributed by atoms with Crippen molar-refractivity contribution in [2.75, 3.05) is 19.8 Å². The van der Waals surface area contributed by atoms with E-state index in [-0.39, 0.29) is 34.3 Å². The van der Waals surface area contributed by atoms with Gasteiger partial charge in [-0.1, -0.05) is 0 Å². The lowest BCUT2D eigenvalue weighted by Crippen LogP contribution is -2.63. The van der Waals surface area contributed by atoms with Gasteiger partial charge in [0.2, 0.25) is 12.6 Å². The predicted molar refractivity (Wildman–Crippen MR) is 164 cm³/mol. The Kier molecular flexibility index (Phi) is 11.2. The van der Waals surface area contributed by atoms with Crippen molar-refractivity contribution >= 4 is 6.08 Å². The average molecular weight is 730 g/mol. The van der Waals surface area contributed by atoms with Crippen LogP contribution in [0.25, 0.3) is 6.08 Å². The van der Waals surface area contributed by atoms with Crippen LogP contribution in [-0.4, -0.2) is 172 Å². The van der Waals surface area contributed by atoms with Crippen molar-refractivity contribution in [1.29, 1.82) is 0 Å². The van der Waals surface area contributed by atoms with E-state index < -0.39 is 112 Å². The van der Waals surface area contributed by atoms with Crippen LogP contribution in [0.1, 0.15) is 17.2 Å². The summed E-state index contributed by atoms with van der Waals surface area (Å²) in [6.07, 6.45) is -22.8. The quantitative estimate of drug-likeness (QED) is 0.109. The van der Waals surface area contributed by atoms with Crippen molar-refractivity contribution in [3.63, 3.8) is 0 Å². The van der Waals surface area contributed by atoms with Crippen LogP contribution in [0.3, 0.4) is 0 Å². The normalized spacial score (nSPS) is 39.7. The maximum absolute atomic E-state index is 11.1. The smallest absolute Gasteiger partial charge is 0.270 e. The molecule has 4 heterocycles. The van der Waals surface area contributed by atoms with Gasteiger partial charge in [0.05, 0.1) is 31.5 Å². The lowest BCUT2D eigenvalue weighted by Gasteiger charge is -2.45. The van der Waals surface area contributed by atoms with Crippen molar-refractivity contribution in [2.45, 2.75) is 92.1 Å². The van der Waals surface area contributed by atoms with Gasteiger partial charge in [0.15, 0.2) is 18.2 Å². The van der Waals surface area contributed by atoms with Crippen LogP contribution in [-0.2, 0) is 23.7 Å². The zero-order chi connectivity index (χ0) is 36.7. The van der Waals surface area contributed by atoms with Gasteiger partial charge < -0.3 is 94.4 Å². The molecule has 13 N–H and O–H groups in total. The second kappa shape index (κ2) is 15.3. The molecule has 19 heteroatoms. The molecule has 3 saturated heterocycles. The number of ether oxygens (including phenoxy) is 7. The molecule has 0 saturated carbocycles. The molecular formula is C32H41O19+. The summed E-state index contributed by atoms with van der Waals surface area (Å²) < 4.78 is 39.2. The summed E-state index contributed by atoms with van der Waals surface area (Å²) in [5.74, 6) is -0.524. The summed E-state index contributed by atoms with van der Waals surface area (Å²) in [5.41, 5.74) is 0.547.